The van der Waals surface area contributed by atoms with Crippen LogP contribution in [0.15, 0.2) is 12.2 Å². The van der Waals surface area contributed by atoms with Gasteiger partial charge in [-0.1, -0.05) is 25.0 Å². The van der Waals surface area contributed by atoms with Gasteiger partial charge in [0.2, 0.25) is 11.8 Å². The van der Waals surface area contributed by atoms with Crippen molar-refractivity contribution in [1.29, 1.82) is 0 Å². The van der Waals surface area contributed by atoms with Crippen LogP contribution in [0, 0.1) is 0 Å². The Labute approximate surface area is 107 Å². The second-order valence-corrected chi connectivity index (χ2v) is 5.60. The summed E-state index contributed by atoms with van der Waals surface area (Å²) < 4.78 is 0. The SMILES string of the molecule is O=C1CC(NC2CC=CC2)C(=O)N1C1CCCC1. The predicted octanol–water partition coefficient (Wildman–Crippen LogP) is 1.36. The van der Waals surface area contributed by atoms with Crippen LogP contribution in [-0.2, 0) is 9.59 Å². The van der Waals surface area contributed by atoms with Crippen molar-refractivity contribution >= 4 is 11.8 Å². The van der Waals surface area contributed by atoms with Gasteiger partial charge in [-0.2, -0.15) is 0 Å². The van der Waals surface area contributed by atoms with Crippen molar-refractivity contribution in [3.63, 3.8) is 0 Å². The first-order chi connectivity index (χ1) is 8.75. The maximum Gasteiger partial charge on any atom is 0.247 e. The average Bonchev–Trinajstić information content (AvgIpc) is 3.03. The number of carbonyl (C=O) groups is 2. The number of amides is 2. The van der Waals surface area contributed by atoms with Gasteiger partial charge < -0.3 is 5.32 Å². The number of likely N-dealkylation sites (tertiary alicyclic amines) is 1. The molecular weight excluding hydrogens is 228 g/mol. The summed E-state index contributed by atoms with van der Waals surface area (Å²) in [7, 11) is 0. The molecule has 0 aromatic rings. The van der Waals surface area contributed by atoms with Gasteiger partial charge in [0.15, 0.2) is 0 Å². The zero-order valence-electron chi connectivity index (χ0n) is 10.6. The van der Waals surface area contributed by atoms with Gasteiger partial charge in [0, 0.05) is 12.1 Å². The van der Waals surface area contributed by atoms with Crippen LogP contribution >= 0.6 is 0 Å². The van der Waals surface area contributed by atoms with Crippen molar-refractivity contribution in [3.8, 4) is 0 Å². The number of nitrogens with zero attached hydrogens (tertiary/aromatic N) is 1. The van der Waals surface area contributed by atoms with E-state index in [9.17, 15) is 9.59 Å². The number of imide groups is 1. The van der Waals surface area contributed by atoms with Crippen LogP contribution in [0.25, 0.3) is 0 Å². The molecule has 2 amide bonds. The average molecular weight is 248 g/mol. The fourth-order valence-electron chi connectivity index (χ4n) is 3.37. The lowest BCUT2D eigenvalue weighted by Crippen LogP contribution is -2.45. The van der Waals surface area contributed by atoms with Crippen molar-refractivity contribution in [2.75, 3.05) is 0 Å². The minimum atomic E-state index is -0.275. The maximum atomic E-state index is 12.3. The molecule has 1 aliphatic heterocycles. The normalized spacial score (nSPS) is 30.0. The summed E-state index contributed by atoms with van der Waals surface area (Å²) in [6, 6.07) is 0.247. The molecule has 4 nitrogen and oxygen atoms in total. The highest BCUT2D eigenvalue weighted by atomic mass is 16.2. The zero-order chi connectivity index (χ0) is 12.5. The predicted molar refractivity (Wildman–Crippen MR) is 67.8 cm³/mol. The summed E-state index contributed by atoms with van der Waals surface area (Å²) in [6.07, 6.45) is 10.8. The van der Waals surface area contributed by atoms with Gasteiger partial charge in [-0.25, -0.2) is 0 Å². The molecule has 1 unspecified atom stereocenters. The Kier molecular flexibility index (Phi) is 3.20. The molecule has 1 N–H and O–H groups in total. The van der Waals surface area contributed by atoms with Crippen LogP contribution < -0.4 is 5.32 Å². The lowest BCUT2D eigenvalue weighted by molar-refractivity contribution is -0.141. The molecule has 1 saturated carbocycles. The smallest absolute Gasteiger partial charge is 0.247 e. The van der Waals surface area contributed by atoms with Crippen molar-refractivity contribution in [2.24, 2.45) is 0 Å². The van der Waals surface area contributed by atoms with E-state index in [0.717, 1.165) is 38.5 Å². The van der Waals surface area contributed by atoms with E-state index in [1.165, 1.54) is 0 Å². The zero-order valence-corrected chi connectivity index (χ0v) is 10.6. The van der Waals surface area contributed by atoms with Gasteiger partial charge in [-0.05, 0) is 25.7 Å². The van der Waals surface area contributed by atoms with E-state index >= 15 is 0 Å². The van der Waals surface area contributed by atoms with Crippen molar-refractivity contribution < 1.29 is 9.59 Å². The third kappa shape index (κ3) is 2.09. The first kappa shape index (κ1) is 11.9. The fraction of sp³-hybridized carbons (Fsp3) is 0.714. The second kappa shape index (κ2) is 4.84. The van der Waals surface area contributed by atoms with Gasteiger partial charge in [-0.15, -0.1) is 0 Å². The van der Waals surface area contributed by atoms with Gasteiger partial charge in [0.25, 0.3) is 0 Å². The van der Waals surface area contributed by atoms with Gasteiger partial charge >= 0.3 is 0 Å². The molecule has 0 aromatic carbocycles. The highest BCUT2D eigenvalue weighted by molar-refractivity contribution is 6.05. The maximum absolute atomic E-state index is 12.3. The van der Waals surface area contributed by atoms with E-state index < -0.39 is 0 Å². The highest BCUT2D eigenvalue weighted by Gasteiger charge is 2.43. The topological polar surface area (TPSA) is 49.4 Å². The van der Waals surface area contributed by atoms with Gasteiger partial charge in [0.1, 0.15) is 0 Å². The minimum Gasteiger partial charge on any atom is -0.302 e. The third-order valence-electron chi connectivity index (χ3n) is 4.32. The largest absolute Gasteiger partial charge is 0.302 e. The summed E-state index contributed by atoms with van der Waals surface area (Å²) in [4.78, 5) is 25.9. The quantitative estimate of drug-likeness (QED) is 0.606. The number of hydrogen-bond acceptors (Lipinski definition) is 3. The number of rotatable bonds is 3. The summed E-state index contributed by atoms with van der Waals surface area (Å²) in [5.74, 6) is 0.0363. The Bertz CT molecular complexity index is 377. The van der Waals surface area contributed by atoms with E-state index in [1.54, 1.807) is 4.90 Å². The molecule has 0 spiro atoms. The van der Waals surface area contributed by atoms with Crippen molar-refractivity contribution in [2.45, 2.75) is 63.1 Å². The Balaban J connectivity index is 1.64. The summed E-state index contributed by atoms with van der Waals surface area (Å²) >= 11 is 0. The molecular formula is C14H20N2O2. The molecule has 2 fully saturated rings. The third-order valence-corrected chi connectivity index (χ3v) is 4.32. The van der Waals surface area contributed by atoms with E-state index in [4.69, 9.17) is 0 Å². The molecule has 0 radical (unpaired) electrons. The van der Waals surface area contributed by atoms with Crippen LogP contribution in [-0.4, -0.2) is 34.8 Å². The van der Waals surface area contributed by atoms with Crippen LogP contribution in [0.4, 0.5) is 0 Å². The van der Waals surface area contributed by atoms with Crippen molar-refractivity contribution in [1.82, 2.24) is 10.2 Å². The molecule has 4 heteroatoms. The standard InChI is InChI=1S/C14H20N2O2/c17-13-9-12(15-10-5-1-2-6-10)14(18)16(13)11-7-3-4-8-11/h1-2,10-12,15H,3-9H2. The molecule has 3 rings (SSSR count). The molecule has 2 aliphatic carbocycles. The second-order valence-electron chi connectivity index (χ2n) is 5.60. The molecule has 0 aromatic heterocycles. The number of carbonyl (C=O) groups excluding carboxylic acids is 2. The first-order valence-electron chi connectivity index (χ1n) is 7.02. The van der Waals surface area contributed by atoms with E-state index in [1.807, 2.05) is 0 Å². The lowest BCUT2D eigenvalue weighted by Gasteiger charge is -2.23. The molecule has 0 bridgehead atoms. The lowest BCUT2D eigenvalue weighted by atomic mass is 10.1. The molecule has 3 aliphatic rings. The van der Waals surface area contributed by atoms with E-state index in [-0.39, 0.29) is 23.9 Å². The molecule has 98 valence electrons. The molecule has 1 atom stereocenters. The summed E-state index contributed by atoms with van der Waals surface area (Å²) in [6.45, 7) is 0. The van der Waals surface area contributed by atoms with Crippen LogP contribution in [0.1, 0.15) is 44.9 Å². The molecule has 1 heterocycles. The summed E-state index contributed by atoms with van der Waals surface area (Å²) in [5.41, 5.74) is 0. The van der Waals surface area contributed by atoms with Crippen LogP contribution in [0.5, 0.6) is 0 Å². The Morgan fingerprint density at radius 1 is 1.11 bits per heavy atom. The molecule has 1 saturated heterocycles. The monoisotopic (exact) mass is 248 g/mol. The minimum absolute atomic E-state index is 0.0128. The van der Waals surface area contributed by atoms with Crippen molar-refractivity contribution in [3.05, 3.63) is 12.2 Å². The Hall–Kier alpha value is -1.16. The van der Waals surface area contributed by atoms with Crippen LogP contribution in [0.2, 0.25) is 0 Å². The van der Waals surface area contributed by atoms with Gasteiger partial charge in [0.05, 0.1) is 12.5 Å². The molecule has 18 heavy (non-hydrogen) atoms. The van der Waals surface area contributed by atoms with E-state index in [2.05, 4.69) is 17.5 Å². The van der Waals surface area contributed by atoms with Crippen LogP contribution in [0.3, 0.4) is 0 Å². The number of hydrogen-bond donors (Lipinski definition) is 1. The fourth-order valence-corrected chi connectivity index (χ4v) is 3.37. The highest BCUT2D eigenvalue weighted by Crippen LogP contribution is 2.28. The first-order valence-corrected chi connectivity index (χ1v) is 7.02. The van der Waals surface area contributed by atoms with E-state index in [0.29, 0.717) is 12.5 Å². The Morgan fingerprint density at radius 3 is 2.44 bits per heavy atom. The number of nitrogens with one attached hydrogen (secondary N) is 1. The Morgan fingerprint density at radius 2 is 1.78 bits per heavy atom. The summed E-state index contributed by atoms with van der Waals surface area (Å²) in [5, 5.41) is 3.34. The van der Waals surface area contributed by atoms with Gasteiger partial charge in [-0.3, -0.25) is 14.5 Å².